The van der Waals surface area contributed by atoms with Crippen molar-refractivity contribution in [2.24, 2.45) is 0 Å². The summed E-state index contributed by atoms with van der Waals surface area (Å²) in [5, 5.41) is 15.3. The molecule has 66 valence electrons. The van der Waals surface area contributed by atoms with Crippen molar-refractivity contribution in [2.75, 3.05) is 26.2 Å². The number of piperazine rings is 1. The average Bonchev–Trinajstić information content (AvgIpc) is 2.07. The van der Waals surface area contributed by atoms with Crippen molar-refractivity contribution in [2.45, 2.75) is 25.3 Å². The molecule has 1 aliphatic rings. The molecule has 3 heteroatoms. The van der Waals surface area contributed by atoms with Crippen molar-refractivity contribution in [1.29, 1.82) is 0 Å². The van der Waals surface area contributed by atoms with Crippen LogP contribution in [0.4, 0.5) is 0 Å². The normalized spacial score (nSPS) is 25.4. The van der Waals surface area contributed by atoms with Crippen molar-refractivity contribution < 1.29 is 5.11 Å². The minimum Gasteiger partial charge on any atom is -0.396 e. The third-order valence-electron chi connectivity index (χ3n) is 2.09. The van der Waals surface area contributed by atoms with Crippen molar-refractivity contribution >= 4 is 0 Å². The first-order chi connectivity index (χ1) is 5.43. The summed E-state index contributed by atoms with van der Waals surface area (Å²) in [5.74, 6) is 0. The van der Waals surface area contributed by atoms with Crippen molar-refractivity contribution in [3.8, 4) is 0 Å². The summed E-state index contributed by atoms with van der Waals surface area (Å²) >= 11 is 0. The van der Waals surface area contributed by atoms with Gasteiger partial charge in [-0.15, -0.1) is 0 Å². The molecule has 0 radical (unpaired) electrons. The molecule has 1 heterocycles. The molecule has 1 aliphatic heterocycles. The van der Waals surface area contributed by atoms with Gasteiger partial charge in [-0.05, 0) is 19.3 Å². The zero-order chi connectivity index (χ0) is 7.94. The van der Waals surface area contributed by atoms with Gasteiger partial charge in [0.25, 0.3) is 0 Å². The van der Waals surface area contributed by atoms with Crippen LogP contribution < -0.4 is 10.6 Å². The third kappa shape index (κ3) is 3.70. The molecule has 0 saturated carbocycles. The van der Waals surface area contributed by atoms with Gasteiger partial charge in [-0.2, -0.15) is 0 Å². The summed E-state index contributed by atoms with van der Waals surface area (Å²) in [6, 6.07) is 0.635. The van der Waals surface area contributed by atoms with Crippen LogP contribution in [0.5, 0.6) is 0 Å². The van der Waals surface area contributed by atoms with E-state index in [0.717, 1.165) is 32.5 Å². The molecule has 1 atom stereocenters. The molecule has 0 amide bonds. The lowest BCUT2D eigenvalue weighted by atomic mass is 10.1. The number of rotatable bonds is 4. The second-order valence-corrected chi connectivity index (χ2v) is 3.07. The fourth-order valence-electron chi connectivity index (χ4n) is 1.42. The van der Waals surface area contributed by atoms with Gasteiger partial charge in [0.2, 0.25) is 0 Å². The first kappa shape index (κ1) is 8.97. The van der Waals surface area contributed by atoms with E-state index in [0.29, 0.717) is 12.6 Å². The summed E-state index contributed by atoms with van der Waals surface area (Å²) in [6.45, 7) is 3.60. The van der Waals surface area contributed by atoms with E-state index in [1.807, 2.05) is 0 Å². The molecule has 1 unspecified atom stereocenters. The molecule has 1 fully saturated rings. The Bertz CT molecular complexity index is 92.1. The van der Waals surface area contributed by atoms with E-state index in [1.165, 1.54) is 6.42 Å². The van der Waals surface area contributed by atoms with E-state index in [-0.39, 0.29) is 0 Å². The van der Waals surface area contributed by atoms with Gasteiger partial charge in [0, 0.05) is 32.3 Å². The van der Waals surface area contributed by atoms with Gasteiger partial charge < -0.3 is 15.7 Å². The van der Waals surface area contributed by atoms with Crippen LogP contribution in [0.15, 0.2) is 0 Å². The molecular weight excluding hydrogens is 140 g/mol. The van der Waals surface area contributed by atoms with E-state index < -0.39 is 0 Å². The van der Waals surface area contributed by atoms with Crippen molar-refractivity contribution in [3.63, 3.8) is 0 Å². The van der Waals surface area contributed by atoms with Crippen molar-refractivity contribution in [1.82, 2.24) is 10.6 Å². The predicted molar refractivity (Wildman–Crippen MR) is 45.6 cm³/mol. The van der Waals surface area contributed by atoms with Crippen LogP contribution in [-0.2, 0) is 0 Å². The third-order valence-corrected chi connectivity index (χ3v) is 2.09. The number of aliphatic hydroxyl groups excluding tert-OH is 1. The van der Waals surface area contributed by atoms with E-state index in [2.05, 4.69) is 10.6 Å². The quantitative estimate of drug-likeness (QED) is 0.493. The first-order valence-corrected chi connectivity index (χ1v) is 4.48. The maximum absolute atomic E-state index is 8.56. The Labute approximate surface area is 68.2 Å². The molecule has 11 heavy (non-hydrogen) atoms. The number of aliphatic hydroxyl groups is 1. The van der Waals surface area contributed by atoms with Gasteiger partial charge in [-0.3, -0.25) is 0 Å². The second-order valence-electron chi connectivity index (χ2n) is 3.07. The lowest BCUT2D eigenvalue weighted by Crippen LogP contribution is -2.48. The molecule has 1 rings (SSSR count). The van der Waals surface area contributed by atoms with Crippen molar-refractivity contribution in [3.05, 3.63) is 0 Å². The Hall–Kier alpha value is -0.120. The van der Waals surface area contributed by atoms with Gasteiger partial charge in [0.05, 0.1) is 0 Å². The highest BCUT2D eigenvalue weighted by atomic mass is 16.2. The molecular formula is C8H18N2O. The van der Waals surface area contributed by atoms with Crippen LogP contribution in [0.25, 0.3) is 0 Å². The Balaban J connectivity index is 1.96. The maximum Gasteiger partial charge on any atom is 0.0431 e. The van der Waals surface area contributed by atoms with Crippen LogP contribution in [0.1, 0.15) is 19.3 Å². The highest BCUT2D eigenvalue weighted by molar-refractivity contribution is 4.74. The number of unbranched alkanes of at least 4 members (excludes halogenated alkanes) is 1. The summed E-state index contributed by atoms with van der Waals surface area (Å²) in [5.41, 5.74) is 0. The van der Waals surface area contributed by atoms with E-state index in [1.54, 1.807) is 0 Å². The molecule has 0 aliphatic carbocycles. The van der Waals surface area contributed by atoms with Gasteiger partial charge in [0.1, 0.15) is 0 Å². The second kappa shape index (κ2) is 5.52. The Morgan fingerprint density at radius 1 is 1.27 bits per heavy atom. The molecule has 0 bridgehead atoms. The van der Waals surface area contributed by atoms with Gasteiger partial charge in [0.15, 0.2) is 0 Å². The molecule has 0 aromatic carbocycles. The maximum atomic E-state index is 8.56. The van der Waals surface area contributed by atoms with E-state index >= 15 is 0 Å². The Morgan fingerprint density at radius 2 is 2.18 bits per heavy atom. The molecule has 3 nitrogen and oxygen atoms in total. The van der Waals surface area contributed by atoms with E-state index in [4.69, 9.17) is 5.11 Å². The van der Waals surface area contributed by atoms with E-state index in [9.17, 15) is 0 Å². The smallest absolute Gasteiger partial charge is 0.0431 e. The molecule has 0 spiro atoms. The van der Waals surface area contributed by atoms with Crippen LogP contribution in [-0.4, -0.2) is 37.4 Å². The fraction of sp³-hybridized carbons (Fsp3) is 1.00. The highest BCUT2D eigenvalue weighted by Crippen LogP contribution is 2.00. The lowest BCUT2D eigenvalue weighted by molar-refractivity contribution is 0.276. The highest BCUT2D eigenvalue weighted by Gasteiger charge is 2.10. The molecule has 3 N–H and O–H groups in total. The van der Waals surface area contributed by atoms with Crippen LogP contribution in [0.3, 0.4) is 0 Å². The van der Waals surface area contributed by atoms with Crippen LogP contribution in [0.2, 0.25) is 0 Å². The zero-order valence-electron chi connectivity index (χ0n) is 6.97. The van der Waals surface area contributed by atoms with Gasteiger partial charge in [-0.1, -0.05) is 0 Å². The Morgan fingerprint density at radius 3 is 2.82 bits per heavy atom. The summed E-state index contributed by atoms with van der Waals surface area (Å²) in [6.07, 6.45) is 3.27. The largest absolute Gasteiger partial charge is 0.396 e. The number of hydrogen-bond acceptors (Lipinski definition) is 3. The molecule has 0 aromatic rings. The molecule has 1 saturated heterocycles. The standard InChI is InChI=1S/C8H18N2O/c11-6-2-1-3-8-7-9-4-5-10-8/h8-11H,1-7H2. The average molecular weight is 158 g/mol. The SMILES string of the molecule is OCCCCC1CNCCN1. The summed E-state index contributed by atoms with van der Waals surface area (Å²) < 4.78 is 0. The summed E-state index contributed by atoms with van der Waals surface area (Å²) in [7, 11) is 0. The number of nitrogens with one attached hydrogen (secondary N) is 2. The summed E-state index contributed by atoms with van der Waals surface area (Å²) in [4.78, 5) is 0. The lowest BCUT2D eigenvalue weighted by Gasteiger charge is -2.24. The fourth-order valence-corrected chi connectivity index (χ4v) is 1.42. The minimum absolute atomic E-state index is 0.333. The number of hydrogen-bond donors (Lipinski definition) is 3. The van der Waals surface area contributed by atoms with Gasteiger partial charge in [-0.25, -0.2) is 0 Å². The zero-order valence-corrected chi connectivity index (χ0v) is 6.97. The van der Waals surface area contributed by atoms with Gasteiger partial charge >= 0.3 is 0 Å². The minimum atomic E-state index is 0.333. The predicted octanol–water partition coefficient (Wildman–Crippen LogP) is -0.290. The first-order valence-electron chi connectivity index (χ1n) is 4.48. The molecule has 0 aromatic heterocycles. The topological polar surface area (TPSA) is 44.3 Å². The Kier molecular flexibility index (Phi) is 4.50. The monoisotopic (exact) mass is 158 g/mol. The van der Waals surface area contributed by atoms with Crippen LogP contribution >= 0.6 is 0 Å². The van der Waals surface area contributed by atoms with Crippen LogP contribution in [0, 0.1) is 0 Å².